The van der Waals surface area contributed by atoms with Crippen molar-refractivity contribution in [1.82, 2.24) is 5.43 Å². The third-order valence-electron chi connectivity index (χ3n) is 2.37. The van der Waals surface area contributed by atoms with E-state index in [4.69, 9.17) is 0 Å². The second kappa shape index (κ2) is 3.56. The lowest BCUT2D eigenvalue weighted by molar-refractivity contribution is 0.414. The molecule has 0 bridgehead atoms. The molecule has 0 aromatic carbocycles. The van der Waals surface area contributed by atoms with Crippen LogP contribution in [0.2, 0.25) is 0 Å². The summed E-state index contributed by atoms with van der Waals surface area (Å²) in [5.41, 5.74) is 4.26. The van der Waals surface area contributed by atoms with Crippen molar-refractivity contribution in [3.05, 3.63) is 12.7 Å². The van der Waals surface area contributed by atoms with E-state index in [0.29, 0.717) is 5.92 Å². The van der Waals surface area contributed by atoms with Crippen molar-refractivity contribution in [3.8, 4) is 0 Å². The van der Waals surface area contributed by atoms with Crippen molar-refractivity contribution in [2.24, 2.45) is 16.9 Å². The lowest BCUT2D eigenvalue weighted by atomic mass is 9.74. The molecule has 0 aromatic rings. The molecule has 0 amide bonds. The first-order valence-corrected chi connectivity index (χ1v) is 4.16. The zero-order chi connectivity index (χ0) is 8.27. The van der Waals surface area contributed by atoms with Gasteiger partial charge in [-0.3, -0.25) is 0 Å². The van der Waals surface area contributed by atoms with Crippen LogP contribution in [0.15, 0.2) is 17.8 Å². The second-order valence-electron chi connectivity index (χ2n) is 3.22. The van der Waals surface area contributed by atoms with Crippen LogP contribution in [0.25, 0.3) is 0 Å². The van der Waals surface area contributed by atoms with Crippen molar-refractivity contribution in [2.75, 3.05) is 6.54 Å². The maximum absolute atomic E-state index is 4.25. The third-order valence-corrected chi connectivity index (χ3v) is 2.37. The summed E-state index contributed by atoms with van der Waals surface area (Å²) < 4.78 is 0. The van der Waals surface area contributed by atoms with Gasteiger partial charge in [0, 0.05) is 5.71 Å². The van der Waals surface area contributed by atoms with E-state index in [9.17, 15) is 0 Å². The molecule has 1 fully saturated rings. The normalized spacial score (nSPS) is 33.1. The Morgan fingerprint density at radius 1 is 1.73 bits per heavy atom. The summed E-state index contributed by atoms with van der Waals surface area (Å²) in [6.07, 6.45) is 2.97. The summed E-state index contributed by atoms with van der Waals surface area (Å²) in [6.45, 7) is 8.86. The van der Waals surface area contributed by atoms with E-state index in [1.54, 1.807) is 0 Å². The van der Waals surface area contributed by atoms with E-state index in [1.807, 2.05) is 6.08 Å². The molecular formula is C9H16N2. The Morgan fingerprint density at radius 3 is 2.91 bits per heavy atom. The molecule has 1 aliphatic rings. The standard InChI is InChI=1S/C9H16N2/c1-4-5-10-11-9-6-7(2)8(9)3/h4,7-8,10H,1,5-6H2,2-3H3/b11-9-. The Hall–Kier alpha value is -0.790. The zero-order valence-corrected chi connectivity index (χ0v) is 7.30. The van der Waals surface area contributed by atoms with E-state index in [2.05, 4.69) is 31.0 Å². The highest BCUT2D eigenvalue weighted by molar-refractivity contribution is 5.92. The van der Waals surface area contributed by atoms with E-state index in [1.165, 1.54) is 5.71 Å². The number of hydrogen-bond acceptors (Lipinski definition) is 2. The van der Waals surface area contributed by atoms with Gasteiger partial charge < -0.3 is 5.43 Å². The molecule has 0 saturated heterocycles. The van der Waals surface area contributed by atoms with Gasteiger partial charge in [0.1, 0.15) is 0 Å². The molecule has 2 heteroatoms. The minimum atomic E-state index is 0.673. The summed E-state index contributed by atoms with van der Waals surface area (Å²) in [5, 5.41) is 4.25. The van der Waals surface area contributed by atoms with Crippen LogP contribution in [0.4, 0.5) is 0 Å². The summed E-state index contributed by atoms with van der Waals surface area (Å²) in [6, 6.07) is 0. The van der Waals surface area contributed by atoms with Gasteiger partial charge in [-0.1, -0.05) is 19.9 Å². The molecule has 1 aliphatic carbocycles. The Labute approximate surface area is 68.4 Å². The molecule has 0 radical (unpaired) electrons. The first-order chi connectivity index (χ1) is 5.25. The highest BCUT2D eigenvalue weighted by atomic mass is 15.3. The fraction of sp³-hybridized carbons (Fsp3) is 0.667. The van der Waals surface area contributed by atoms with E-state index in [0.717, 1.165) is 18.9 Å². The molecule has 0 aromatic heterocycles. The topological polar surface area (TPSA) is 24.4 Å². The van der Waals surface area contributed by atoms with Gasteiger partial charge >= 0.3 is 0 Å². The summed E-state index contributed by atoms with van der Waals surface area (Å²) in [4.78, 5) is 0. The van der Waals surface area contributed by atoms with E-state index < -0.39 is 0 Å². The van der Waals surface area contributed by atoms with Crippen molar-refractivity contribution >= 4 is 5.71 Å². The highest BCUT2D eigenvalue weighted by Gasteiger charge is 2.29. The zero-order valence-electron chi connectivity index (χ0n) is 7.30. The number of rotatable bonds is 3. The van der Waals surface area contributed by atoms with Gasteiger partial charge in [-0.15, -0.1) is 6.58 Å². The molecular weight excluding hydrogens is 136 g/mol. The number of hydrogen-bond donors (Lipinski definition) is 1. The van der Waals surface area contributed by atoms with Gasteiger partial charge in [0.25, 0.3) is 0 Å². The van der Waals surface area contributed by atoms with Gasteiger partial charge in [0.2, 0.25) is 0 Å². The Bertz CT molecular complexity index is 172. The fourth-order valence-electron chi connectivity index (χ4n) is 1.22. The first kappa shape index (κ1) is 8.31. The van der Waals surface area contributed by atoms with Gasteiger partial charge in [0.15, 0.2) is 0 Å². The maximum Gasteiger partial charge on any atom is 0.0507 e. The van der Waals surface area contributed by atoms with Gasteiger partial charge in [-0.05, 0) is 18.3 Å². The molecule has 0 heterocycles. The molecule has 2 nitrogen and oxygen atoms in total. The predicted octanol–water partition coefficient (Wildman–Crippen LogP) is 1.79. The van der Waals surface area contributed by atoms with Crippen LogP contribution >= 0.6 is 0 Å². The van der Waals surface area contributed by atoms with Crippen molar-refractivity contribution in [2.45, 2.75) is 20.3 Å². The highest BCUT2D eigenvalue weighted by Crippen LogP contribution is 2.30. The molecule has 1 saturated carbocycles. The van der Waals surface area contributed by atoms with Gasteiger partial charge in [-0.2, -0.15) is 5.10 Å². The van der Waals surface area contributed by atoms with Crippen LogP contribution in [0.5, 0.6) is 0 Å². The quantitative estimate of drug-likeness (QED) is 0.372. The summed E-state index contributed by atoms with van der Waals surface area (Å²) in [7, 11) is 0. The number of hydrazone groups is 1. The largest absolute Gasteiger partial charge is 0.306 e. The molecule has 0 spiro atoms. The van der Waals surface area contributed by atoms with E-state index >= 15 is 0 Å². The number of nitrogens with one attached hydrogen (secondary N) is 1. The average Bonchev–Trinajstić information content (AvgIpc) is 2.03. The third kappa shape index (κ3) is 1.82. The maximum atomic E-state index is 4.25. The molecule has 11 heavy (non-hydrogen) atoms. The van der Waals surface area contributed by atoms with Crippen LogP contribution in [-0.2, 0) is 0 Å². The average molecular weight is 152 g/mol. The smallest absolute Gasteiger partial charge is 0.0507 e. The molecule has 0 aliphatic heterocycles. The Balaban J connectivity index is 2.26. The Kier molecular flexibility index (Phi) is 2.69. The molecule has 1 N–H and O–H groups in total. The van der Waals surface area contributed by atoms with Crippen LogP contribution in [0, 0.1) is 11.8 Å². The molecule has 2 atom stereocenters. The number of nitrogens with zero attached hydrogens (tertiary/aromatic N) is 1. The minimum absolute atomic E-state index is 0.673. The van der Waals surface area contributed by atoms with Crippen molar-refractivity contribution in [3.63, 3.8) is 0 Å². The van der Waals surface area contributed by atoms with Crippen LogP contribution in [0.1, 0.15) is 20.3 Å². The Morgan fingerprint density at radius 2 is 2.45 bits per heavy atom. The summed E-state index contributed by atoms with van der Waals surface area (Å²) >= 11 is 0. The molecule has 62 valence electrons. The van der Waals surface area contributed by atoms with E-state index in [-0.39, 0.29) is 0 Å². The SMILES string of the molecule is C=CCN/N=C1/CC(C)C1C. The van der Waals surface area contributed by atoms with Crippen molar-refractivity contribution in [1.29, 1.82) is 0 Å². The molecule has 1 rings (SSSR count). The first-order valence-electron chi connectivity index (χ1n) is 4.16. The van der Waals surface area contributed by atoms with Crippen LogP contribution < -0.4 is 5.43 Å². The second-order valence-corrected chi connectivity index (χ2v) is 3.22. The molecule has 2 unspecified atom stereocenters. The van der Waals surface area contributed by atoms with Crippen LogP contribution in [-0.4, -0.2) is 12.3 Å². The monoisotopic (exact) mass is 152 g/mol. The summed E-state index contributed by atoms with van der Waals surface area (Å²) in [5.74, 6) is 1.49. The minimum Gasteiger partial charge on any atom is -0.306 e. The van der Waals surface area contributed by atoms with Gasteiger partial charge in [-0.25, -0.2) is 0 Å². The van der Waals surface area contributed by atoms with Gasteiger partial charge in [0.05, 0.1) is 6.54 Å². The lowest BCUT2D eigenvalue weighted by Gasteiger charge is -2.32. The lowest BCUT2D eigenvalue weighted by Crippen LogP contribution is -2.34. The van der Waals surface area contributed by atoms with Crippen LogP contribution in [0.3, 0.4) is 0 Å². The van der Waals surface area contributed by atoms with Crippen molar-refractivity contribution < 1.29 is 0 Å². The predicted molar refractivity (Wildman–Crippen MR) is 48.6 cm³/mol. The fourth-order valence-corrected chi connectivity index (χ4v) is 1.22.